The summed E-state index contributed by atoms with van der Waals surface area (Å²) in [5, 5.41) is 4.47. The second-order valence-corrected chi connectivity index (χ2v) is 7.82. The van der Waals surface area contributed by atoms with Crippen molar-refractivity contribution in [3.8, 4) is 11.4 Å². The smallest absolute Gasteiger partial charge is 0.272 e. The second-order valence-electron chi connectivity index (χ2n) is 7.41. The Morgan fingerprint density at radius 1 is 1.09 bits per heavy atom. The van der Waals surface area contributed by atoms with Crippen molar-refractivity contribution >= 4 is 29.4 Å². The summed E-state index contributed by atoms with van der Waals surface area (Å²) in [4.78, 5) is 14.8. The van der Waals surface area contributed by atoms with E-state index in [1.54, 1.807) is 25.5 Å². The van der Waals surface area contributed by atoms with Gasteiger partial charge in [-0.15, -0.1) is 0 Å². The van der Waals surface area contributed by atoms with Crippen molar-refractivity contribution in [1.29, 1.82) is 0 Å². The largest absolute Gasteiger partial charge is 0.496 e. The normalized spacial score (nSPS) is 11.1. The van der Waals surface area contributed by atoms with Gasteiger partial charge in [-0.1, -0.05) is 11.6 Å². The highest BCUT2D eigenvalue weighted by Gasteiger charge is 2.13. The predicted octanol–water partition coefficient (Wildman–Crippen LogP) is 5.37. The van der Waals surface area contributed by atoms with Gasteiger partial charge in [0.05, 0.1) is 23.9 Å². The van der Waals surface area contributed by atoms with Crippen LogP contribution in [0.2, 0.25) is 5.02 Å². The molecule has 0 saturated carbocycles. The van der Waals surface area contributed by atoms with Crippen LogP contribution in [-0.2, 0) is 0 Å². The molecular formula is C25H29ClN4O2. The summed E-state index contributed by atoms with van der Waals surface area (Å²) in [5.41, 5.74) is 7.86. The molecule has 0 bridgehead atoms. The average Bonchev–Trinajstić information content (AvgIpc) is 3.12. The molecule has 7 heteroatoms. The Hall–Kier alpha value is -3.25. The third-order valence-electron chi connectivity index (χ3n) is 5.44. The zero-order chi connectivity index (χ0) is 23.3. The first-order chi connectivity index (χ1) is 15.4. The number of anilines is 1. The van der Waals surface area contributed by atoms with E-state index in [0.29, 0.717) is 16.3 Å². The molecule has 0 aliphatic carbocycles. The summed E-state index contributed by atoms with van der Waals surface area (Å²) in [5.74, 6) is 0.310. The van der Waals surface area contributed by atoms with Gasteiger partial charge in [-0.25, -0.2) is 5.43 Å². The number of carbonyl (C=O) groups excluding carboxylic acids is 1. The number of carbonyl (C=O) groups is 1. The Labute approximate surface area is 194 Å². The average molecular weight is 453 g/mol. The van der Waals surface area contributed by atoms with Gasteiger partial charge in [0, 0.05) is 47.5 Å². The van der Waals surface area contributed by atoms with Gasteiger partial charge in [-0.2, -0.15) is 5.10 Å². The number of rotatable bonds is 8. The minimum absolute atomic E-state index is 0.360. The molecule has 1 N–H and O–H groups in total. The molecule has 1 heterocycles. The van der Waals surface area contributed by atoms with Gasteiger partial charge in [-0.3, -0.25) is 4.79 Å². The van der Waals surface area contributed by atoms with Crippen LogP contribution in [0.1, 0.15) is 41.2 Å². The predicted molar refractivity (Wildman–Crippen MR) is 132 cm³/mol. The lowest BCUT2D eigenvalue weighted by molar-refractivity contribution is 0.0955. The molecule has 0 radical (unpaired) electrons. The van der Waals surface area contributed by atoms with E-state index in [2.05, 4.69) is 33.8 Å². The number of aryl methyl sites for hydroxylation is 2. The van der Waals surface area contributed by atoms with Crippen molar-refractivity contribution in [3.63, 3.8) is 0 Å². The van der Waals surface area contributed by atoms with E-state index in [1.165, 1.54) is 0 Å². The molecule has 0 unspecified atom stereocenters. The number of aromatic nitrogens is 1. The standard InChI is InChI=1S/C25H29ClN4O2/c1-6-29(7-2)20-11-10-19(24(15-20)32-5)16-27-28-25(31)22-13-12-21(14-23(22)26)30-17(3)8-9-18(30)4/h8-16H,6-7H2,1-5H3,(H,28,31)/b27-16-. The molecule has 1 aromatic heterocycles. The van der Waals surface area contributed by atoms with Crippen LogP contribution >= 0.6 is 11.6 Å². The van der Waals surface area contributed by atoms with Crippen molar-refractivity contribution in [2.24, 2.45) is 5.10 Å². The summed E-state index contributed by atoms with van der Waals surface area (Å²) in [7, 11) is 1.62. The molecule has 0 atom stereocenters. The van der Waals surface area contributed by atoms with E-state index in [9.17, 15) is 4.79 Å². The summed E-state index contributed by atoms with van der Waals surface area (Å²) in [6, 6.07) is 15.4. The quantitative estimate of drug-likeness (QED) is 0.369. The van der Waals surface area contributed by atoms with Crippen LogP contribution in [0, 0.1) is 13.8 Å². The molecule has 0 saturated heterocycles. The first kappa shape index (κ1) is 23.4. The van der Waals surface area contributed by atoms with Gasteiger partial charge < -0.3 is 14.2 Å². The highest BCUT2D eigenvalue weighted by atomic mass is 35.5. The monoisotopic (exact) mass is 452 g/mol. The highest BCUT2D eigenvalue weighted by molar-refractivity contribution is 6.34. The van der Waals surface area contributed by atoms with E-state index in [0.717, 1.165) is 41.4 Å². The van der Waals surface area contributed by atoms with Crippen LogP contribution in [0.5, 0.6) is 5.75 Å². The molecule has 0 aliphatic heterocycles. The molecule has 6 nitrogen and oxygen atoms in total. The van der Waals surface area contributed by atoms with Crippen LogP contribution in [0.25, 0.3) is 5.69 Å². The molecule has 3 aromatic rings. The van der Waals surface area contributed by atoms with E-state index in [4.69, 9.17) is 16.3 Å². The van der Waals surface area contributed by atoms with Gasteiger partial charge in [-0.05, 0) is 70.2 Å². The van der Waals surface area contributed by atoms with Gasteiger partial charge in [0.25, 0.3) is 5.91 Å². The van der Waals surface area contributed by atoms with Gasteiger partial charge in [0.1, 0.15) is 5.75 Å². The maximum Gasteiger partial charge on any atom is 0.272 e. The Morgan fingerprint density at radius 3 is 2.38 bits per heavy atom. The maximum absolute atomic E-state index is 12.6. The number of hydrogen-bond acceptors (Lipinski definition) is 4. The summed E-state index contributed by atoms with van der Waals surface area (Å²) >= 11 is 6.41. The number of nitrogens with zero attached hydrogens (tertiary/aromatic N) is 3. The van der Waals surface area contributed by atoms with E-state index < -0.39 is 0 Å². The topological polar surface area (TPSA) is 58.9 Å². The van der Waals surface area contributed by atoms with Crippen molar-refractivity contribution in [2.75, 3.05) is 25.1 Å². The number of methoxy groups -OCH3 is 1. The number of ether oxygens (including phenoxy) is 1. The number of hydrogen-bond donors (Lipinski definition) is 1. The third kappa shape index (κ3) is 4.97. The lowest BCUT2D eigenvalue weighted by Gasteiger charge is -2.21. The Bertz CT molecular complexity index is 1110. The van der Waals surface area contributed by atoms with Crippen molar-refractivity contribution < 1.29 is 9.53 Å². The molecular weight excluding hydrogens is 424 g/mol. The zero-order valence-corrected chi connectivity index (χ0v) is 19.9. The molecule has 32 heavy (non-hydrogen) atoms. The summed E-state index contributed by atoms with van der Waals surface area (Å²) < 4.78 is 7.58. The number of nitrogens with one attached hydrogen (secondary N) is 1. The SMILES string of the molecule is CCN(CC)c1ccc(/C=N\NC(=O)c2ccc(-n3c(C)ccc3C)cc2Cl)c(OC)c1. The maximum atomic E-state index is 12.6. The number of hydrazone groups is 1. The van der Waals surface area contributed by atoms with Crippen molar-refractivity contribution in [2.45, 2.75) is 27.7 Å². The Kier molecular flexibility index (Phi) is 7.59. The van der Waals surface area contributed by atoms with Crippen LogP contribution in [0.3, 0.4) is 0 Å². The molecule has 168 valence electrons. The number of halogens is 1. The lowest BCUT2D eigenvalue weighted by atomic mass is 10.1. The first-order valence-electron chi connectivity index (χ1n) is 10.6. The third-order valence-corrected chi connectivity index (χ3v) is 5.75. The number of benzene rings is 2. The van der Waals surface area contributed by atoms with Gasteiger partial charge in [0.15, 0.2) is 0 Å². The molecule has 2 aromatic carbocycles. The fourth-order valence-corrected chi connectivity index (χ4v) is 3.98. The lowest BCUT2D eigenvalue weighted by Crippen LogP contribution is -2.21. The Balaban J connectivity index is 1.74. The van der Waals surface area contributed by atoms with E-state index >= 15 is 0 Å². The van der Waals surface area contributed by atoms with E-state index in [-0.39, 0.29) is 5.91 Å². The summed E-state index contributed by atoms with van der Waals surface area (Å²) in [6.07, 6.45) is 1.57. The zero-order valence-electron chi connectivity index (χ0n) is 19.1. The fraction of sp³-hybridized carbons (Fsp3) is 0.280. The minimum atomic E-state index is -0.377. The van der Waals surface area contributed by atoms with Crippen LogP contribution in [0.15, 0.2) is 53.6 Å². The number of amides is 1. The van der Waals surface area contributed by atoms with Crippen molar-refractivity contribution in [3.05, 3.63) is 76.1 Å². The summed E-state index contributed by atoms with van der Waals surface area (Å²) in [6.45, 7) is 10.1. The fourth-order valence-electron chi connectivity index (χ4n) is 3.72. The second kappa shape index (κ2) is 10.4. The van der Waals surface area contributed by atoms with Crippen molar-refractivity contribution in [1.82, 2.24) is 9.99 Å². The Morgan fingerprint density at radius 2 is 1.78 bits per heavy atom. The highest BCUT2D eigenvalue weighted by Crippen LogP contribution is 2.25. The van der Waals surface area contributed by atoms with Gasteiger partial charge >= 0.3 is 0 Å². The molecule has 0 spiro atoms. The minimum Gasteiger partial charge on any atom is -0.496 e. The molecule has 0 aliphatic rings. The first-order valence-corrected chi connectivity index (χ1v) is 11.0. The molecule has 3 rings (SSSR count). The van der Waals surface area contributed by atoms with E-state index in [1.807, 2.05) is 50.2 Å². The van der Waals surface area contributed by atoms with Gasteiger partial charge in [0.2, 0.25) is 0 Å². The van der Waals surface area contributed by atoms with Crippen LogP contribution in [-0.4, -0.2) is 36.9 Å². The van der Waals surface area contributed by atoms with Crippen LogP contribution in [0.4, 0.5) is 5.69 Å². The van der Waals surface area contributed by atoms with Crippen LogP contribution < -0.4 is 15.1 Å². The molecule has 0 fully saturated rings. The molecule has 1 amide bonds.